The molecule has 0 aliphatic carbocycles. The van der Waals surface area contributed by atoms with E-state index in [0.717, 1.165) is 16.7 Å². The van der Waals surface area contributed by atoms with Gasteiger partial charge in [-0.15, -0.1) is 0 Å². The first-order valence-corrected chi connectivity index (χ1v) is 10.7. The molecule has 0 unspecified atom stereocenters. The summed E-state index contributed by atoms with van der Waals surface area (Å²) >= 11 is 0. The van der Waals surface area contributed by atoms with Crippen LogP contribution in [-0.2, 0) is 37.0 Å². The van der Waals surface area contributed by atoms with Crippen LogP contribution in [0.3, 0.4) is 0 Å². The number of ether oxygens (including phenoxy) is 4. The first kappa shape index (κ1) is 23.7. The first-order chi connectivity index (χ1) is 15.8. The lowest BCUT2D eigenvalue weighted by molar-refractivity contribution is -0.147. The van der Waals surface area contributed by atoms with Gasteiger partial charge in [-0.05, 0) is 16.7 Å². The third-order valence-corrected chi connectivity index (χ3v) is 5.16. The minimum absolute atomic E-state index is 0.0960. The van der Waals surface area contributed by atoms with Crippen molar-refractivity contribution in [1.29, 1.82) is 0 Å². The molecule has 3 rings (SSSR count). The second-order valence-corrected chi connectivity index (χ2v) is 7.46. The number of methoxy groups -OCH3 is 1. The standard InChI is InChI=1S/C27H30O5/c1-29-27(28)17-25(24-15-9-4-10-16-24)26(20-30-18-22-11-5-2-6-12-22)32-21-31-19-23-13-7-3-8-14-23/h2-16,25-26H,17-21H2,1H3/t25-,26-/m1/s1. The minimum Gasteiger partial charge on any atom is -0.469 e. The third kappa shape index (κ3) is 7.93. The molecule has 3 aromatic carbocycles. The average Bonchev–Trinajstić information content (AvgIpc) is 2.86. The average molecular weight is 435 g/mol. The van der Waals surface area contributed by atoms with Gasteiger partial charge < -0.3 is 18.9 Å². The second kappa shape index (κ2) is 13.4. The second-order valence-electron chi connectivity index (χ2n) is 7.46. The fraction of sp³-hybridized carbons (Fsp3) is 0.296. The Balaban J connectivity index is 1.66. The monoisotopic (exact) mass is 434 g/mol. The van der Waals surface area contributed by atoms with Crippen molar-refractivity contribution in [2.75, 3.05) is 20.5 Å². The predicted octanol–water partition coefficient (Wildman–Crippen LogP) is 5.11. The van der Waals surface area contributed by atoms with E-state index in [0.29, 0.717) is 19.8 Å². The molecule has 0 N–H and O–H groups in total. The van der Waals surface area contributed by atoms with Crippen molar-refractivity contribution in [3.8, 4) is 0 Å². The number of benzene rings is 3. The summed E-state index contributed by atoms with van der Waals surface area (Å²) in [4.78, 5) is 12.2. The van der Waals surface area contributed by atoms with Gasteiger partial charge in [-0.25, -0.2) is 0 Å². The van der Waals surface area contributed by atoms with E-state index in [2.05, 4.69) is 0 Å². The summed E-state index contributed by atoms with van der Waals surface area (Å²) in [5.41, 5.74) is 3.15. The van der Waals surface area contributed by atoms with Gasteiger partial charge in [0.05, 0.1) is 39.5 Å². The number of carbonyl (C=O) groups is 1. The van der Waals surface area contributed by atoms with E-state index >= 15 is 0 Å². The molecule has 0 saturated carbocycles. The van der Waals surface area contributed by atoms with Gasteiger partial charge in [0.1, 0.15) is 6.79 Å². The lowest BCUT2D eigenvalue weighted by atomic mass is 9.90. The Morgan fingerprint density at radius 1 is 0.750 bits per heavy atom. The van der Waals surface area contributed by atoms with Crippen molar-refractivity contribution in [3.05, 3.63) is 108 Å². The van der Waals surface area contributed by atoms with Gasteiger partial charge in [0.2, 0.25) is 0 Å². The molecule has 168 valence electrons. The van der Waals surface area contributed by atoms with Crippen LogP contribution in [-0.4, -0.2) is 32.6 Å². The molecule has 5 nitrogen and oxygen atoms in total. The molecule has 2 atom stereocenters. The maximum absolute atomic E-state index is 12.2. The van der Waals surface area contributed by atoms with Crippen LogP contribution in [0, 0.1) is 0 Å². The molecule has 0 aromatic heterocycles. The van der Waals surface area contributed by atoms with Crippen molar-refractivity contribution >= 4 is 5.97 Å². The highest BCUT2D eigenvalue weighted by Gasteiger charge is 2.27. The van der Waals surface area contributed by atoms with Gasteiger partial charge in [0.15, 0.2) is 0 Å². The van der Waals surface area contributed by atoms with Crippen molar-refractivity contribution in [3.63, 3.8) is 0 Å². The predicted molar refractivity (Wildman–Crippen MR) is 123 cm³/mol. The molecule has 0 saturated heterocycles. The fourth-order valence-corrected chi connectivity index (χ4v) is 3.44. The van der Waals surface area contributed by atoms with Gasteiger partial charge >= 0.3 is 5.97 Å². The largest absolute Gasteiger partial charge is 0.469 e. The van der Waals surface area contributed by atoms with E-state index in [1.165, 1.54) is 7.11 Å². The maximum atomic E-state index is 12.2. The van der Waals surface area contributed by atoms with E-state index in [1.807, 2.05) is 91.0 Å². The van der Waals surface area contributed by atoms with E-state index in [1.54, 1.807) is 0 Å². The molecule has 0 bridgehead atoms. The SMILES string of the molecule is COC(=O)C[C@H](c1ccccc1)[C@@H](COCc1ccccc1)OCOCc1ccccc1. The zero-order valence-corrected chi connectivity index (χ0v) is 18.4. The normalized spacial score (nSPS) is 12.8. The number of hydrogen-bond donors (Lipinski definition) is 0. The third-order valence-electron chi connectivity index (χ3n) is 5.16. The molecule has 5 heteroatoms. The lowest BCUT2D eigenvalue weighted by Crippen LogP contribution is -2.30. The Kier molecular flexibility index (Phi) is 9.93. The topological polar surface area (TPSA) is 54.0 Å². The molecule has 0 amide bonds. The van der Waals surface area contributed by atoms with E-state index in [-0.39, 0.29) is 31.2 Å². The number of esters is 1. The van der Waals surface area contributed by atoms with Crippen LogP contribution in [0.25, 0.3) is 0 Å². The molecule has 0 aliphatic rings. The Morgan fingerprint density at radius 3 is 1.84 bits per heavy atom. The summed E-state index contributed by atoms with van der Waals surface area (Å²) in [5.74, 6) is -0.513. The Labute approximate surface area is 189 Å². The Hall–Kier alpha value is -2.99. The summed E-state index contributed by atoms with van der Waals surface area (Å²) in [7, 11) is 1.40. The first-order valence-electron chi connectivity index (χ1n) is 10.7. The molecule has 0 fully saturated rings. The summed E-state index contributed by atoms with van der Waals surface area (Å²) in [5, 5.41) is 0. The highest BCUT2D eigenvalue weighted by Crippen LogP contribution is 2.27. The molecular weight excluding hydrogens is 404 g/mol. The van der Waals surface area contributed by atoms with Crippen molar-refractivity contribution in [2.45, 2.75) is 31.7 Å². The quantitative estimate of drug-likeness (QED) is 0.213. The molecule has 0 radical (unpaired) electrons. The molecule has 0 spiro atoms. The summed E-state index contributed by atoms with van der Waals surface area (Å²) in [6.45, 7) is 1.33. The minimum atomic E-state index is -0.379. The van der Waals surface area contributed by atoms with Gasteiger partial charge in [0, 0.05) is 5.92 Å². The Bertz CT molecular complexity index is 899. The van der Waals surface area contributed by atoms with Crippen LogP contribution in [0.1, 0.15) is 29.0 Å². The van der Waals surface area contributed by atoms with Crippen molar-refractivity contribution in [1.82, 2.24) is 0 Å². The van der Waals surface area contributed by atoms with Crippen LogP contribution >= 0.6 is 0 Å². The van der Waals surface area contributed by atoms with Gasteiger partial charge in [0.25, 0.3) is 0 Å². The van der Waals surface area contributed by atoms with E-state index < -0.39 is 0 Å². The fourth-order valence-electron chi connectivity index (χ4n) is 3.44. The van der Waals surface area contributed by atoms with Gasteiger partial charge in [-0.2, -0.15) is 0 Å². The van der Waals surface area contributed by atoms with E-state index in [4.69, 9.17) is 18.9 Å². The lowest BCUT2D eigenvalue weighted by Gasteiger charge is -2.27. The van der Waals surface area contributed by atoms with Crippen LogP contribution in [0.4, 0.5) is 0 Å². The van der Waals surface area contributed by atoms with Crippen LogP contribution in [0.5, 0.6) is 0 Å². The number of hydrogen-bond acceptors (Lipinski definition) is 5. The van der Waals surface area contributed by atoms with Crippen molar-refractivity contribution in [2.24, 2.45) is 0 Å². The Morgan fingerprint density at radius 2 is 1.28 bits per heavy atom. The van der Waals surface area contributed by atoms with Crippen molar-refractivity contribution < 1.29 is 23.7 Å². The summed E-state index contributed by atoms with van der Waals surface area (Å²) < 4.78 is 22.8. The zero-order chi connectivity index (χ0) is 22.4. The summed E-state index contributed by atoms with van der Waals surface area (Å²) in [6, 6.07) is 29.7. The highest BCUT2D eigenvalue weighted by molar-refractivity contribution is 5.70. The molecule has 0 aliphatic heterocycles. The number of carbonyl (C=O) groups excluding carboxylic acids is 1. The van der Waals surface area contributed by atoms with Gasteiger partial charge in [-0.3, -0.25) is 4.79 Å². The molecule has 3 aromatic rings. The highest BCUT2D eigenvalue weighted by atomic mass is 16.7. The zero-order valence-electron chi connectivity index (χ0n) is 18.4. The smallest absolute Gasteiger partial charge is 0.306 e. The van der Waals surface area contributed by atoms with Gasteiger partial charge in [-0.1, -0.05) is 91.0 Å². The molecule has 0 heterocycles. The van der Waals surface area contributed by atoms with E-state index in [9.17, 15) is 4.79 Å². The molecule has 32 heavy (non-hydrogen) atoms. The number of rotatable bonds is 13. The summed E-state index contributed by atoms with van der Waals surface area (Å²) in [6.07, 6.45) is -0.186. The van der Waals surface area contributed by atoms with Crippen LogP contribution in [0.2, 0.25) is 0 Å². The van der Waals surface area contributed by atoms with Crippen LogP contribution < -0.4 is 0 Å². The molecular formula is C27H30O5. The van der Waals surface area contributed by atoms with Crippen LogP contribution in [0.15, 0.2) is 91.0 Å². The maximum Gasteiger partial charge on any atom is 0.306 e.